The summed E-state index contributed by atoms with van der Waals surface area (Å²) in [5, 5.41) is 11.8. The van der Waals surface area contributed by atoms with Crippen LogP contribution in [0.5, 0.6) is 11.5 Å². The Kier molecular flexibility index (Phi) is 3.22. The highest BCUT2D eigenvalue weighted by Gasteiger charge is 2.00. The smallest absolute Gasteiger partial charge is 0.147 e. The van der Waals surface area contributed by atoms with E-state index in [1.54, 1.807) is 36.7 Å². The molecule has 0 aliphatic carbocycles. The number of hydrogen-bond donors (Lipinski definition) is 1. The van der Waals surface area contributed by atoms with Crippen LogP contribution < -0.4 is 10.1 Å². The van der Waals surface area contributed by atoms with E-state index < -0.39 is 0 Å². The molecule has 0 bridgehead atoms. The minimum absolute atomic E-state index is 0.570. The van der Waals surface area contributed by atoms with E-state index in [-0.39, 0.29) is 0 Å². The van der Waals surface area contributed by atoms with Gasteiger partial charge in [0.25, 0.3) is 0 Å². The monoisotopic (exact) mass is 225 g/mol. The summed E-state index contributed by atoms with van der Waals surface area (Å²) < 4.78 is 5.61. The van der Waals surface area contributed by atoms with Crippen molar-refractivity contribution < 1.29 is 4.74 Å². The second kappa shape index (κ2) is 4.99. The zero-order valence-electron chi connectivity index (χ0n) is 9.34. The van der Waals surface area contributed by atoms with Crippen LogP contribution in [0.25, 0.3) is 0 Å². The second-order valence-corrected chi connectivity index (χ2v) is 3.40. The molecule has 2 rings (SSSR count). The molecule has 4 nitrogen and oxygen atoms in total. The van der Waals surface area contributed by atoms with Crippen LogP contribution in [0.4, 0.5) is 5.69 Å². The minimum atomic E-state index is 0.570. The van der Waals surface area contributed by atoms with E-state index in [0.717, 1.165) is 5.69 Å². The Labute approximate surface area is 99.5 Å². The number of nitrogens with one attached hydrogen (secondary N) is 1. The number of benzene rings is 1. The largest absolute Gasteiger partial charge is 0.456 e. The Morgan fingerprint density at radius 1 is 1.24 bits per heavy atom. The summed E-state index contributed by atoms with van der Waals surface area (Å²) in [6, 6.07) is 10.9. The van der Waals surface area contributed by atoms with Gasteiger partial charge >= 0.3 is 0 Å². The predicted octanol–water partition coefficient (Wildman–Crippen LogP) is 2.79. The van der Waals surface area contributed by atoms with Gasteiger partial charge in [-0.1, -0.05) is 6.07 Å². The summed E-state index contributed by atoms with van der Waals surface area (Å²) in [6.45, 7) is 0. The van der Waals surface area contributed by atoms with Gasteiger partial charge < -0.3 is 10.1 Å². The fourth-order valence-corrected chi connectivity index (χ4v) is 1.38. The van der Waals surface area contributed by atoms with Gasteiger partial charge in [-0.25, -0.2) is 0 Å². The number of pyridine rings is 1. The number of hydrogen-bond acceptors (Lipinski definition) is 4. The van der Waals surface area contributed by atoms with Crippen LogP contribution in [-0.4, -0.2) is 12.0 Å². The number of nitrogens with zero attached hydrogens (tertiary/aromatic N) is 2. The molecule has 17 heavy (non-hydrogen) atoms. The lowest BCUT2D eigenvalue weighted by Gasteiger charge is -2.06. The Bertz CT molecular complexity index is 561. The maximum atomic E-state index is 8.78. The second-order valence-electron chi connectivity index (χ2n) is 3.40. The van der Waals surface area contributed by atoms with Crippen molar-refractivity contribution in [2.45, 2.75) is 0 Å². The number of anilines is 1. The van der Waals surface area contributed by atoms with Crippen molar-refractivity contribution in [3.8, 4) is 17.6 Å². The highest BCUT2D eigenvalue weighted by molar-refractivity contribution is 5.46. The van der Waals surface area contributed by atoms with Gasteiger partial charge in [-0.3, -0.25) is 4.98 Å². The Morgan fingerprint density at radius 2 is 2.12 bits per heavy atom. The molecule has 84 valence electrons. The molecule has 2 aromatic rings. The summed E-state index contributed by atoms with van der Waals surface area (Å²) in [5.41, 5.74) is 1.44. The summed E-state index contributed by atoms with van der Waals surface area (Å²) in [6.07, 6.45) is 3.33. The van der Waals surface area contributed by atoms with Gasteiger partial charge in [-0.15, -0.1) is 0 Å². The van der Waals surface area contributed by atoms with E-state index in [0.29, 0.717) is 17.1 Å². The third kappa shape index (κ3) is 2.73. The molecule has 0 radical (unpaired) electrons. The molecule has 0 atom stereocenters. The molecule has 1 N–H and O–H groups in total. The first-order valence-electron chi connectivity index (χ1n) is 5.12. The van der Waals surface area contributed by atoms with Gasteiger partial charge in [-0.05, 0) is 18.2 Å². The van der Waals surface area contributed by atoms with E-state index in [1.807, 2.05) is 13.1 Å². The van der Waals surface area contributed by atoms with E-state index in [1.165, 1.54) is 0 Å². The van der Waals surface area contributed by atoms with Crippen LogP contribution in [0.3, 0.4) is 0 Å². The molecular weight excluding hydrogens is 214 g/mol. The number of rotatable bonds is 3. The number of ether oxygens (including phenoxy) is 1. The molecule has 0 saturated heterocycles. The van der Waals surface area contributed by atoms with Crippen molar-refractivity contribution in [1.82, 2.24) is 4.98 Å². The topological polar surface area (TPSA) is 57.9 Å². The summed E-state index contributed by atoms with van der Waals surface area (Å²) >= 11 is 0. The zero-order valence-corrected chi connectivity index (χ0v) is 9.34. The van der Waals surface area contributed by atoms with Crippen molar-refractivity contribution in [2.75, 3.05) is 12.4 Å². The van der Waals surface area contributed by atoms with Crippen LogP contribution in [-0.2, 0) is 0 Å². The van der Waals surface area contributed by atoms with Crippen molar-refractivity contribution >= 4 is 5.69 Å². The average molecular weight is 225 g/mol. The lowest BCUT2D eigenvalue weighted by molar-refractivity contribution is 0.480. The average Bonchev–Trinajstić information content (AvgIpc) is 2.39. The number of aromatic nitrogens is 1. The molecule has 0 aliphatic heterocycles. The van der Waals surface area contributed by atoms with Crippen molar-refractivity contribution in [3.63, 3.8) is 0 Å². The van der Waals surface area contributed by atoms with Crippen LogP contribution in [0.2, 0.25) is 0 Å². The first-order valence-corrected chi connectivity index (χ1v) is 5.12. The Hall–Kier alpha value is -2.54. The van der Waals surface area contributed by atoms with Crippen LogP contribution in [0.15, 0.2) is 42.7 Å². The van der Waals surface area contributed by atoms with Crippen LogP contribution in [0, 0.1) is 11.3 Å². The van der Waals surface area contributed by atoms with Gasteiger partial charge in [0.15, 0.2) is 0 Å². The molecule has 4 heteroatoms. The molecule has 1 aromatic carbocycles. The Balaban J connectivity index is 2.22. The van der Waals surface area contributed by atoms with Gasteiger partial charge in [0, 0.05) is 13.1 Å². The minimum Gasteiger partial charge on any atom is -0.456 e. The van der Waals surface area contributed by atoms with E-state index in [2.05, 4.69) is 16.4 Å². The normalized spacial score (nSPS) is 9.41. The van der Waals surface area contributed by atoms with E-state index >= 15 is 0 Å². The third-order valence-corrected chi connectivity index (χ3v) is 2.20. The fraction of sp³-hybridized carbons (Fsp3) is 0.0769. The quantitative estimate of drug-likeness (QED) is 0.872. The predicted molar refractivity (Wildman–Crippen MR) is 65.0 cm³/mol. The SMILES string of the molecule is CNc1cncc(Oc2cccc(C#N)c2)c1. The zero-order chi connectivity index (χ0) is 12.1. The van der Waals surface area contributed by atoms with Crippen molar-refractivity contribution in [3.05, 3.63) is 48.3 Å². The molecule has 0 aliphatic rings. The molecule has 1 aromatic heterocycles. The highest BCUT2D eigenvalue weighted by Crippen LogP contribution is 2.23. The molecule has 0 saturated carbocycles. The number of nitriles is 1. The van der Waals surface area contributed by atoms with E-state index in [9.17, 15) is 0 Å². The summed E-state index contributed by atoms with van der Waals surface area (Å²) in [4.78, 5) is 4.04. The van der Waals surface area contributed by atoms with Gasteiger partial charge in [-0.2, -0.15) is 5.26 Å². The first kappa shape index (κ1) is 11.0. The maximum absolute atomic E-state index is 8.78. The fourth-order valence-electron chi connectivity index (χ4n) is 1.38. The molecule has 0 unspecified atom stereocenters. The Morgan fingerprint density at radius 3 is 2.88 bits per heavy atom. The van der Waals surface area contributed by atoms with Gasteiger partial charge in [0.05, 0.1) is 29.7 Å². The van der Waals surface area contributed by atoms with Gasteiger partial charge in [0.2, 0.25) is 0 Å². The molecule has 0 amide bonds. The van der Waals surface area contributed by atoms with Crippen LogP contribution in [0.1, 0.15) is 5.56 Å². The molecule has 0 fully saturated rings. The lowest BCUT2D eigenvalue weighted by Crippen LogP contribution is -1.91. The standard InChI is InChI=1S/C13H11N3O/c1-15-11-6-13(9-16-8-11)17-12-4-2-3-10(5-12)7-14/h2-6,8-9,15H,1H3. The maximum Gasteiger partial charge on any atom is 0.147 e. The first-order chi connectivity index (χ1) is 8.31. The summed E-state index contributed by atoms with van der Waals surface area (Å²) in [7, 11) is 1.82. The van der Waals surface area contributed by atoms with Crippen molar-refractivity contribution in [2.24, 2.45) is 0 Å². The van der Waals surface area contributed by atoms with Crippen LogP contribution >= 0.6 is 0 Å². The van der Waals surface area contributed by atoms with Crippen molar-refractivity contribution in [1.29, 1.82) is 5.26 Å². The molecular formula is C13H11N3O. The highest BCUT2D eigenvalue weighted by atomic mass is 16.5. The van der Waals surface area contributed by atoms with E-state index in [4.69, 9.17) is 10.00 Å². The van der Waals surface area contributed by atoms with Gasteiger partial charge in [0.1, 0.15) is 11.5 Å². The third-order valence-electron chi connectivity index (χ3n) is 2.20. The molecule has 1 heterocycles. The lowest BCUT2D eigenvalue weighted by atomic mass is 10.2. The molecule has 0 spiro atoms. The summed E-state index contributed by atoms with van der Waals surface area (Å²) in [5.74, 6) is 1.26.